The molecule has 0 aromatic heterocycles. The lowest BCUT2D eigenvalue weighted by Crippen LogP contribution is -2.21. The molecule has 1 aromatic rings. The normalized spacial score (nSPS) is 11.2. The molecule has 4 nitrogen and oxygen atoms in total. The third-order valence-electron chi connectivity index (χ3n) is 2.99. The van der Waals surface area contributed by atoms with Crippen LogP contribution in [0.1, 0.15) is 56.0 Å². The van der Waals surface area contributed by atoms with E-state index in [9.17, 15) is 9.59 Å². The lowest BCUT2D eigenvalue weighted by Gasteiger charge is -2.19. The number of carbonyl (C=O) groups is 2. The van der Waals surface area contributed by atoms with Gasteiger partial charge in [-0.2, -0.15) is 0 Å². The number of benzene rings is 1. The van der Waals surface area contributed by atoms with Crippen molar-refractivity contribution in [1.82, 2.24) is 5.32 Å². The van der Waals surface area contributed by atoms with E-state index in [2.05, 4.69) is 26.1 Å². The fourth-order valence-electron chi connectivity index (χ4n) is 1.73. The van der Waals surface area contributed by atoms with E-state index in [1.807, 2.05) is 12.1 Å². The highest BCUT2D eigenvalue weighted by molar-refractivity contribution is 5.94. The standard InChI is InChI=1S/C16H22NO3/c1-16(2,3)13-9-7-12(8-10-13)15(20)17-11-5-4-6-14(18)19/h7-11H,4-6H2,1-3H3,(H,17,20)(H,18,19). The summed E-state index contributed by atoms with van der Waals surface area (Å²) in [6.07, 6.45) is 1.20. The summed E-state index contributed by atoms with van der Waals surface area (Å²) in [5.41, 5.74) is 1.85. The van der Waals surface area contributed by atoms with Gasteiger partial charge in [-0.3, -0.25) is 9.59 Å². The molecule has 0 bridgehead atoms. The lowest BCUT2D eigenvalue weighted by molar-refractivity contribution is -0.137. The lowest BCUT2D eigenvalue weighted by atomic mass is 9.87. The summed E-state index contributed by atoms with van der Waals surface area (Å²) in [6.45, 7) is 7.98. The van der Waals surface area contributed by atoms with Crippen LogP contribution in [0, 0.1) is 6.54 Å². The molecule has 0 spiro atoms. The van der Waals surface area contributed by atoms with E-state index in [4.69, 9.17) is 5.11 Å². The molecule has 109 valence electrons. The third kappa shape index (κ3) is 5.43. The number of amides is 1. The Bertz CT molecular complexity index is 458. The first kappa shape index (κ1) is 16.2. The zero-order valence-electron chi connectivity index (χ0n) is 12.3. The summed E-state index contributed by atoms with van der Waals surface area (Å²) in [6, 6.07) is 7.53. The molecule has 1 rings (SSSR count). The predicted octanol–water partition coefficient (Wildman–Crippen LogP) is 3.13. The van der Waals surface area contributed by atoms with Crippen molar-refractivity contribution in [3.8, 4) is 0 Å². The number of aliphatic carboxylic acids is 1. The highest BCUT2D eigenvalue weighted by Gasteiger charge is 2.14. The maximum absolute atomic E-state index is 11.8. The van der Waals surface area contributed by atoms with Gasteiger partial charge in [-0.1, -0.05) is 32.9 Å². The maximum Gasteiger partial charge on any atom is 0.303 e. The van der Waals surface area contributed by atoms with Gasteiger partial charge in [-0.25, -0.2) is 0 Å². The Morgan fingerprint density at radius 3 is 2.30 bits per heavy atom. The average Bonchev–Trinajstić information content (AvgIpc) is 2.37. The Morgan fingerprint density at radius 1 is 1.20 bits per heavy atom. The van der Waals surface area contributed by atoms with Crippen molar-refractivity contribution in [2.75, 3.05) is 0 Å². The highest BCUT2D eigenvalue weighted by atomic mass is 16.4. The van der Waals surface area contributed by atoms with Crippen LogP contribution in [0.2, 0.25) is 0 Å². The maximum atomic E-state index is 11.8. The van der Waals surface area contributed by atoms with Gasteiger partial charge in [0.05, 0.1) is 0 Å². The molecule has 2 N–H and O–H groups in total. The van der Waals surface area contributed by atoms with Gasteiger partial charge in [-0.15, -0.1) is 0 Å². The van der Waals surface area contributed by atoms with E-state index in [0.29, 0.717) is 18.4 Å². The van der Waals surface area contributed by atoms with Gasteiger partial charge < -0.3 is 10.4 Å². The first-order valence-corrected chi connectivity index (χ1v) is 6.75. The van der Waals surface area contributed by atoms with Crippen molar-refractivity contribution in [2.24, 2.45) is 0 Å². The number of nitrogens with one attached hydrogen (secondary N) is 1. The molecule has 0 aliphatic carbocycles. The van der Waals surface area contributed by atoms with Gasteiger partial charge >= 0.3 is 5.97 Å². The molecule has 4 heteroatoms. The third-order valence-corrected chi connectivity index (χ3v) is 2.99. The second-order valence-corrected chi connectivity index (χ2v) is 5.79. The second-order valence-electron chi connectivity index (χ2n) is 5.79. The van der Waals surface area contributed by atoms with Gasteiger partial charge in [0.1, 0.15) is 0 Å². The average molecular weight is 276 g/mol. The van der Waals surface area contributed by atoms with Crippen LogP contribution < -0.4 is 5.32 Å². The monoisotopic (exact) mass is 276 g/mol. The minimum absolute atomic E-state index is 0.0674. The molecule has 1 radical (unpaired) electrons. The highest BCUT2D eigenvalue weighted by Crippen LogP contribution is 2.22. The number of carboxylic acid groups (broad SMARTS) is 1. The summed E-state index contributed by atoms with van der Waals surface area (Å²) in [5.74, 6) is -0.983. The fraction of sp³-hybridized carbons (Fsp3) is 0.438. The first-order valence-electron chi connectivity index (χ1n) is 6.75. The van der Waals surface area contributed by atoms with E-state index in [-0.39, 0.29) is 17.7 Å². The number of hydrogen-bond donors (Lipinski definition) is 2. The number of carbonyl (C=O) groups excluding carboxylic acids is 1. The molecule has 0 atom stereocenters. The molecule has 1 amide bonds. The molecule has 0 saturated carbocycles. The zero-order chi connectivity index (χ0) is 15.2. The molecule has 0 unspecified atom stereocenters. The van der Waals surface area contributed by atoms with E-state index in [0.717, 1.165) is 0 Å². The van der Waals surface area contributed by atoms with E-state index in [1.54, 1.807) is 18.7 Å². The van der Waals surface area contributed by atoms with Crippen LogP contribution >= 0.6 is 0 Å². The number of rotatable bonds is 6. The van der Waals surface area contributed by atoms with Gasteiger partial charge in [0.2, 0.25) is 0 Å². The summed E-state index contributed by atoms with van der Waals surface area (Å²) in [5, 5.41) is 11.2. The first-order chi connectivity index (χ1) is 9.30. The van der Waals surface area contributed by atoms with Gasteiger partial charge in [0.25, 0.3) is 5.91 Å². The van der Waals surface area contributed by atoms with Crippen molar-refractivity contribution >= 4 is 11.9 Å². The van der Waals surface area contributed by atoms with E-state index in [1.165, 1.54) is 5.56 Å². The van der Waals surface area contributed by atoms with Crippen LogP contribution in [-0.2, 0) is 10.2 Å². The van der Waals surface area contributed by atoms with Crippen LogP contribution in [0.25, 0.3) is 0 Å². The topological polar surface area (TPSA) is 66.4 Å². The molecule has 0 heterocycles. The Balaban J connectivity index is 2.42. The number of hydrogen-bond acceptors (Lipinski definition) is 2. The van der Waals surface area contributed by atoms with Crippen molar-refractivity contribution in [3.63, 3.8) is 0 Å². The summed E-state index contributed by atoms with van der Waals surface area (Å²) in [4.78, 5) is 22.2. The van der Waals surface area contributed by atoms with Crippen molar-refractivity contribution in [3.05, 3.63) is 41.9 Å². The largest absolute Gasteiger partial charge is 0.481 e. The summed E-state index contributed by atoms with van der Waals surface area (Å²) < 4.78 is 0. The zero-order valence-corrected chi connectivity index (χ0v) is 12.3. The Morgan fingerprint density at radius 2 is 1.80 bits per heavy atom. The van der Waals surface area contributed by atoms with Crippen LogP contribution in [0.4, 0.5) is 0 Å². The van der Waals surface area contributed by atoms with E-state index < -0.39 is 5.97 Å². The molecule has 0 saturated heterocycles. The van der Waals surface area contributed by atoms with Crippen LogP contribution in [-0.4, -0.2) is 17.0 Å². The van der Waals surface area contributed by atoms with Crippen molar-refractivity contribution < 1.29 is 14.7 Å². The van der Waals surface area contributed by atoms with Crippen molar-refractivity contribution in [2.45, 2.75) is 45.4 Å². The number of carboxylic acids is 1. The van der Waals surface area contributed by atoms with Gasteiger partial charge in [-0.05, 0) is 36.0 Å². The minimum atomic E-state index is -0.817. The number of unbranched alkanes of at least 4 members (excludes halogenated alkanes) is 1. The molecule has 0 aliphatic heterocycles. The molecule has 1 aromatic carbocycles. The fourth-order valence-corrected chi connectivity index (χ4v) is 1.73. The Labute approximate surface area is 120 Å². The molecule has 0 fully saturated rings. The van der Waals surface area contributed by atoms with Gasteiger partial charge in [0.15, 0.2) is 0 Å². The quantitative estimate of drug-likeness (QED) is 0.784. The summed E-state index contributed by atoms with van der Waals surface area (Å²) >= 11 is 0. The molecular weight excluding hydrogens is 254 g/mol. The Kier molecular flexibility index (Phi) is 5.74. The molecule has 20 heavy (non-hydrogen) atoms. The smallest absolute Gasteiger partial charge is 0.303 e. The second kappa shape index (κ2) is 7.08. The summed E-state index contributed by atoms with van der Waals surface area (Å²) in [7, 11) is 0. The van der Waals surface area contributed by atoms with E-state index >= 15 is 0 Å². The Hall–Kier alpha value is -1.84. The minimum Gasteiger partial charge on any atom is -0.481 e. The van der Waals surface area contributed by atoms with Gasteiger partial charge in [0, 0.05) is 18.5 Å². The van der Waals surface area contributed by atoms with Crippen molar-refractivity contribution in [1.29, 1.82) is 0 Å². The molecular formula is C16H22NO3. The SMILES string of the molecule is CC(C)(C)c1ccc(C(=O)N[CH]CCCC(=O)O)cc1. The van der Waals surface area contributed by atoms with Crippen LogP contribution in [0.5, 0.6) is 0 Å². The molecule has 0 aliphatic rings. The van der Waals surface area contributed by atoms with Crippen LogP contribution in [0.3, 0.4) is 0 Å². The van der Waals surface area contributed by atoms with Crippen LogP contribution in [0.15, 0.2) is 24.3 Å². The predicted molar refractivity (Wildman–Crippen MR) is 78.4 cm³/mol.